The van der Waals surface area contributed by atoms with Crippen molar-refractivity contribution in [3.05, 3.63) is 53.9 Å². The molecule has 0 radical (unpaired) electrons. The van der Waals surface area contributed by atoms with Gasteiger partial charge in [0.2, 0.25) is 11.8 Å². The summed E-state index contributed by atoms with van der Waals surface area (Å²) in [5.41, 5.74) is 1.05. The number of carbonyl (C=O) groups excluding carboxylic acids is 3. The second kappa shape index (κ2) is 9.65. The molecular weight excluding hydrogens is 412 g/mol. The Balaban J connectivity index is 1.69. The van der Waals surface area contributed by atoms with Crippen LogP contribution in [-0.2, 0) is 14.3 Å². The molecular formula is C19H16N4O6S. The number of rotatable bonds is 7. The summed E-state index contributed by atoms with van der Waals surface area (Å²) in [4.78, 5) is 40.0. The van der Waals surface area contributed by atoms with E-state index in [0.29, 0.717) is 5.56 Å². The van der Waals surface area contributed by atoms with Crippen LogP contribution >= 0.6 is 11.8 Å². The van der Waals surface area contributed by atoms with E-state index >= 15 is 0 Å². The van der Waals surface area contributed by atoms with Crippen molar-refractivity contribution in [3.63, 3.8) is 0 Å². The summed E-state index contributed by atoms with van der Waals surface area (Å²) in [6.45, 7) is 0. The Hall–Kier alpha value is -3.73. The minimum atomic E-state index is -0.660. The Labute approximate surface area is 175 Å². The van der Waals surface area contributed by atoms with Crippen LogP contribution in [0.15, 0.2) is 52.4 Å². The van der Waals surface area contributed by atoms with Gasteiger partial charge in [-0.25, -0.2) is 9.59 Å². The van der Waals surface area contributed by atoms with E-state index in [1.165, 1.54) is 32.4 Å². The van der Waals surface area contributed by atoms with E-state index in [2.05, 4.69) is 25.2 Å². The number of pyridine rings is 1. The number of thioether (sulfide) groups is 1. The lowest BCUT2D eigenvalue weighted by Gasteiger charge is -2.11. The van der Waals surface area contributed by atoms with E-state index in [0.717, 1.165) is 11.8 Å². The van der Waals surface area contributed by atoms with Crippen molar-refractivity contribution in [1.29, 1.82) is 0 Å². The predicted octanol–water partition coefficient (Wildman–Crippen LogP) is 2.44. The fraction of sp³-hybridized carbons (Fsp3) is 0.158. The van der Waals surface area contributed by atoms with E-state index in [9.17, 15) is 14.4 Å². The van der Waals surface area contributed by atoms with Crippen LogP contribution in [-0.4, -0.2) is 53.0 Å². The Morgan fingerprint density at radius 1 is 1.10 bits per heavy atom. The number of hydrogen-bond acceptors (Lipinski definition) is 10. The molecule has 0 saturated carbocycles. The first-order valence-electron chi connectivity index (χ1n) is 8.49. The van der Waals surface area contributed by atoms with Crippen LogP contribution in [0.2, 0.25) is 0 Å². The highest BCUT2D eigenvalue weighted by Crippen LogP contribution is 2.24. The number of ether oxygens (including phenoxy) is 2. The maximum atomic E-state index is 12.4. The summed E-state index contributed by atoms with van der Waals surface area (Å²) in [6, 6.07) is 7.62. The lowest BCUT2D eigenvalue weighted by molar-refractivity contribution is -0.113. The van der Waals surface area contributed by atoms with Gasteiger partial charge in [0.25, 0.3) is 5.22 Å². The van der Waals surface area contributed by atoms with Gasteiger partial charge in [-0.2, -0.15) is 0 Å². The third-order valence-corrected chi connectivity index (χ3v) is 4.58. The van der Waals surface area contributed by atoms with Gasteiger partial charge in [-0.05, 0) is 30.3 Å². The van der Waals surface area contributed by atoms with Gasteiger partial charge < -0.3 is 19.2 Å². The standard InChI is InChI=1S/C19H16N4O6S/c1-27-17(25)11-5-6-13(18(26)28-2)14(8-11)21-15(24)10-30-19-23-22-16(29-19)12-4-3-7-20-9-12/h3-9H,10H2,1-2H3,(H,21,24). The molecule has 0 aliphatic carbocycles. The van der Waals surface area contributed by atoms with Crippen molar-refractivity contribution < 1.29 is 28.3 Å². The fourth-order valence-corrected chi connectivity index (χ4v) is 2.93. The molecule has 0 spiro atoms. The Morgan fingerprint density at radius 3 is 2.60 bits per heavy atom. The number of hydrogen-bond donors (Lipinski definition) is 1. The highest BCUT2D eigenvalue weighted by atomic mass is 32.2. The van der Waals surface area contributed by atoms with Gasteiger partial charge in [-0.1, -0.05) is 11.8 Å². The molecule has 3 aromatic rings. The molecule has 0 saturated heterocycles. The molecule has 1 amide bonds. The summed E-state index contributed by atoms with van der Waals surface area (Å²) < 4.78 is 14.9. The fourth-order valence-electron chi connectivity index (χ4n) is 2.37. The average Bonchev–Trinajstić information content (AvgIpc) is 3.26. The summed E-state index contributed by atoms with van der Waals surface area (Å²) in [5, 5.41) is 10.6. The molecule has 2 heterocycles. The molecule has 0 aliphatic rings. The second-order valence-corrected chi connectivity index (χ2v) is 6.62. The monoisotopic (exact) mass is 428 g/mol. The van der Waals surface area contributed by atoms with Crippen LogP contribution in [0.3, 0.4) is 0 Å². The van der Waals surface area contributed by atoms with Gasteiger partial charge in [-0.3, -0.25) is 9.78 Å². The Bertz CT molecular complexity index is 1070. The maximum Gasteiger partial charge on any atom is 0.339 e. The quantitative estimate of drug-likeness (QED) is 0.442. The number of nitrogens with zero attached hydrogens (tertiary/aromatic N) is 3. The topological polar surface area (TPSA) is 134 Å². The van der Waals surface area contributed by atoms with E-state index < -0.39 is 17.8 Å². The van der Waals surface area contributed by atoms with Crippen LogP contribution in [0.1, 0.15) is 20.7 Å². The molecule has 0 bridgehead atoms. The molecule has 154 valence electrons. The van der Waals surface area contributed by atoms with E-state index in [4.69, 9.17) is 9.15 Å². The van der Waals surface area contributed by atoms with Crippen molar-refractivity contribution in [2.75, 3.05) is 25.3 Å². The molecule has 1 aromatic carbocycles. The molecule has 2 aromatic heterocycles. The smallest absolute Gasteiger partial charge is 0.339 e. The first-order valence-corrected chi connectivity index (χ1v) is 9.47. The average molecular weight is 428 g/mol. The van der Waals surface area contributed by atoms with Gasteiger partial charge in [0.15, 0.2) is 0 Å². The number of benzene rings is 1. The van der Waals surface area contributed by atoms with E-state index in [1.807, 2.05) is 0 Å². The van der Waals surface area contributed by atoms with Crippen LogP contribution in [0, 0.1) is 0 Å². The predicted molar refractivity (Wildman–Crippen MR) is 106 cm³/mol. The van der Waals surface area contributed by atoms with Crippen molar-refractivity contribution in [2.24, 2.45) is 0 Å². The van der Waals surface area contributed by atoms with Crippen molar-refractivity contribution in [3.8, 4) is 11.5 Å². The first-order chi connectivity index (χ1) is 14.5. The second-order valence-electron chi connectivity index (χ2n) is 5.70. The maximum absolute atomic E-state index is 12.4. The van der Waals surface area contributed by atoms with Crippen LogP contribution in [0.25, 0.3) is 11.5 Å². The Morgan fingerprint density at radius 2 is 1.90 bits per heavy atom. The summed E-state index contributed by atoms with van der Waals surface area (Å²) >= 11 is 1.02. The normalized spacial score (nSPS) is 10.3. The molecule has 1 N–H and O–H groups in total. The Kier molecular flexibility index (Phi) is 6.75. The highest BCUT2D eigenvalue weighted by molar-refractivity contribution is 7.99. The number of carbonyl (C=O) groups is 3. The molecule has 10 nitrogen and oxygen atoms in total. The zero-order chi connectivity index (χ0) is 21.5. The summed E-state index contributed by atoms with van der Waals surface area (Å²) in [6.07, 6.45) is 3.20. The van der Waals surface area contributed by atoms with Gasteiger partial charge in [0, 0.05) is 12.4 Å². The third kappa shape index (κ3) is 5.00. The SMILES string of the molecule is COC(=O)c1ccc(C(=O)OC)c(NC(=O)CSc2nnc(-c3cccnc3)o2)c1. The number of amides is 1. The molecule has 30 heavy (non-hydrogen) atoms. The van der Waals surface area contributed by atoms with Gasteiger partial charge in [0.05, 0.1) is 42.4 Å². The van der Waals surface area contributed by atoms with Crippen molar-refractivity contribution in [2.45, 2.75) is 5.22 Å². The zero-order valence-electron chi connectivity index (χ0n) is 15.9. The van der Waals surface area contributed by atoms with Crippen molar-refractivity contribution >= 4 is 35.3 Å². The number of anilines is 1. The molecule has 0 fully saturated rings. The lowest BCUT2D eigenvalue weighted by Crippen LogP contribution is -2.18. The zero-order valence-corrected chi connectivity index (χ0v) is 16.8. The number of nitrogens with one attached hydrogen (secondary N) is 1. The number of aromatic nitrogens is 3. The molecule has 0 atom stereocenters. The van der Waals surface area contributed by atoms with Crippen LogP contribution < -0.4 is 5.32 Å². The molecule has 0 aliphatic heterocycles. The third-order valence-electron chi connectivity index (χ3n) is 3.76. The first kappa shape index (κ1) is 21.0. The van der Waals surface area contributed by atoms with E-state index in [-0.39, 0.29) is 33.7 Å². The van der Waals surface area contributed by atoms with Crippen LogP contribution in [0.5, 0.6) is 0 Å². The largest absolute Gasteiger partial charge is 0.465 e. The van der Waals surface area contributed by atoms with Gasteiger partial charge in [0.1, 0.15) is 0 Å². The van der Waals surface area contributed by atoms with Crippen molar-refractivity contribution in [1.82, 2.24) is 15.2 Å². The minimum Gasteiger partial charge on any atom is -0.465 e. The van der Waals surface area contributed by atoms with Gasteiger partial charge >= 0.3 is 11.9 Å². The van der Waals surface area contributed by atoms with E-state index in [1.54, 1.807) is 24.5 Å². The lowest BCUT2D eigenvalue weighted by atomic mass is 10.1. The molecule has 11 heteroatoms. The minimum absolute atomic E-state index is 0.0717. The number of esters is 2. The highest BCUT2D eigenvalue weighted by Gasteiger charge is 2.18. The summed E-state index contributed by atoms with van der Waals surface area (Å²) in [5.74, 6) is -1.51. The van der Waals surface area contributed by atoms with Crippen LogP contribution in [0.4, 0.5) is 5.69 Å². The molecule has 3 rings (SSSR count). The molecule has 0 unspecified atom stereocenters. The summed E-state index contributed by atoms with van der Waals surface area (Å²) in [7, 11) is 2.45. The van der Waals surface area contributed by atoms with Gasteiger partial charge in [-0.15, -0.1) is 10.2 Å². The number of methoxy groups -OCH3 is 2.